The van der Waals surface area contributed by atoms with Crippen LogP contribution in [-0.4, -0.2) is 26.4 Å². The van der Waals surface area contributed by atoms with E-state index in [0.717, 1.165) is 34.6 Å². The number of rotatable bonds is 9. The highest BCUT2D eigenvalue weighted by atomic mass is 32.2. The van der Waals surface area contributed by atoms with E-state index in [9.17, 15) is 4.79 Å². The van der Waals surface area contributed by atoms with Gasteiger partial charge in [0.2, 0.25) is 5.91 Å². The molecular formula is C25H24N4OS. The zero-order chi connectivity index (χ0) is 21.3. The van der Waals surface area contributed by atoms with Gasteiger partial charge in [0.1, 0.15) is 0 Å². The number of amides is 1. The van der Waals surface area contributed by atoms with Crippen molar-refractivity contribution in [3.05, 3.63) is 108 Å². The summed E-state index contributed by atoms with van der Waals surface area (Å²) in [6.07, 6.45) is 7.34. The first kappa shape index (κ1) is 20.9. The van der Waals surface area contributed by atoms with Gasteiger partial charge < -0.3 is 5.32 Å². The normalized spacial score (nSPS) is 10.7. The Morgan fingerprint density at radius 3 is 2.58 bits per heavy atom. The molecule has 6 heteroatoms. The molecule has 4 rings (SSSR count). The zero-order valence-electron chi connectivity index (χ0n) is 17.1. The first-order chi connectivity index (χ1) is 15.3. The summed E-state index contributed by atoms with van der Waals surface area (Å²) in [4.78, 5) is 16.4. The summed E-state index contributed by atoms with van der Waals surface area (Å²) in [6, 6.07) is 22.6. The van der Waals surface area contributed by atoms with Gasteiger partial charge >= 0.3 is 0 Å². The number of hydrogen-bond donors (Lipinski definition) is 1. The van der Waals surface area contributed by atoms with E-state index >= 15 is 0 Å². The Hall–Kier alpha value is -3.38. The maximum absolute atomic E-state index is 12.3. The van der Waals surface area contributed by atoms with Gasteiger partial charge in [0, 0.05) is 37.1 Å². The van der Waals surface area contributed by atoms with Crippen LogP contribution in [0.1, 0.15) is 16.7 Å². The Morgan fingerprint density at radius 1 is 0.935 bits per heavy atom. The lowest BCUT2D eigenvalue weighted by atomic mass is 9.98. The zero-order valence-corrected chi connectivity index (χ0v) is 18.0. The van der Waals surface area contributed by atoms with Gasteiger partial charge in [0.05, 0.1) is 12.3 Å². The third-order valence-electron chi connectivity index (χ3n) is 4.89. The number of aromatic nitrogens is 3. The second-order valence-electron chi connectivity index (χ2n) is 7.19. The number of thioether (sulfide) groups is 1. The molecule has 0 spiro atoms. The molecule has 156 valence electrons. The fourth-order valence-electron chi connectivity index (χ4n) is 3.32. The quantitative estimate of drug-likeness (QED) is 0.425. The molecule has 0 aliphatic rings. The molecule has 1 amide bonds. The number of nitrogens with zero attached hydrogens (tertiary/aromatic N) is 3. The Balaban J connectivity index is 1.33. The van der Waals surface area contributed by atoms with Crippen molar-refractivity contribution in [3.63, 3.8) is 0 Å². The Morgan fingerprint density at radius 2 is 1.81 bits per heavy atom. The summed E-state index contributed by atoms with van der Waals surface area (Å²) in [7, 11) is 0. The molecule has 0 unspecified atom stereocenters. The van der Waals surface area contributed by atoms with Crippen molar-refractivity contribution in [1.29, 1.82) is 0 Å². The van der Waals surface area contributed by atoms with Crippen molar-refractivity contribution in [2.75, 3.05) is 5.75 Å². The van der Waals surface area contributed by atoms with Gasteiger partial charge in [-0.2, -0.15) is 5.10 Å². The fraction of sp³-hybridized carbons (Fsp3) is 0.160. The molecule has 0 aliphatic heterocycles. The number of hydrogen-bond acceptors (Lipinski definition) is 4. The van der Waals surface area contributed by atoms with Crippen LogP contribution in [0.5, 0.6) is 0 Å². The Bertz CT molecular complexity index is 1100. The molecule has 2 heterocycles. The van der Waals surface area contributed by atoms with Crippen molar-refractivity contribution < 1.29 is 4.79 Å². The van der Waals surface area contributed by atoms with Gasteiger partial charge in [-0.3, -0.25) is 14.5 Å². The van der Waals surface area contributed by atoms with Crippen LogP contribution >= 0.6 is 11.8 Å². The molecule has 2 aromatic carbocycles. The minimum atomic E-state index is 0.0401. The third kappa shape index (κ3) is 6.06. The molecule has 31 heavy (non-hydrogen) atoms. The first-order valence-corrected chi connectivity index (χ1v) is 11.3. The van der Waals surface area contributed by atoms with E-state index in [1.54, 1.807) is 24.2 Å². The molecule has 0 radical (unpaired) electrons. The Kier molecular flexibility index (Phi) is 7.13. The topological polar surface area (TPSA) is 59.8 Å². The average Bonchev–Trinajstić information content (AvgIpc) is 3.32. The first-order valence-electron chi connectivity index (χ1n) is 10.2. The predicted octanol–water partition coefficient (Wildman–Crippen LogP) is 4.54. The fourth-order valence-corrected chi connectivity index (χ4v) is 4.11. The molecule has 2 aromatic heterocycles. The van der Waals surface area contributed by atoms with Gasteiger partial charge in [0.25, 0.3) is 0 Å². The van der Waals surface area contributed by atoms with Crippen LogP contribution in [0.15, 0.2) is 91.5 Å². The minimum Gasteiger partial charge on any atom is -0.351 e. The summed E-state index contributed by atoms with van der Waals surface area (Å²) in [6.45, 7) is 1.26. The molecule has 0 bridgehead atoms. The number of benzene rings is 2. The second-order valence-corrected chi connectivity index (χ2v) is 8.17. The summed E-state index contributed by atoms with van der Waals surface area (Å²) in [5, 5.41) is 7.31. The maximum atomic E-state index is 12.3. The molecule has 4 aromatic rings. The number of carbonyl (C=O) groups excluding carboxylic acids is 1. The molecule has 1 N–H and O–H groups in total. The van der Waals surface area contributed by atoms with Crippen molar-refractivity contribution in [2.45, 2.75) is 18.8 Å². The van der Waals surface area contributed by atoms with Gasteiger partial charge in [0.15, 0.2) is 0 Å². The lowest BCUT2D eigenvalue weighted by molar-refractivity contribution is -0.118. The molecule has 5 nitrogen and oxygen atoms in total. The molecule has 0 saturated carbocycles. The number of carbonyl (C=O) groups is 1. The third-order valence-corrected chi connectivity index (χ3v) is 5.89. The van der Waals surface area contributed by atoms with E-state index < -0.39 is 0 Å². The standard InChI is InChI=1S/C25H24N4OS/c30-25(19-31-18-21-5-3-12-26-15-21)27-16-23-6-1-2-7-24(23)22-10-8-20(9-11-22)17-29-14-4-13-28-29/h1-15H,16-19H2,(H,27,30). The molecule has 0 atom stereocenters. The number of nitrogens with one attached hydrogen (secondary N) is 1. The highest BCUT2D eigenvalue weighted by molar-refractivity contribution is 7.99. The van der Waals surface area contributed by atoms with E-state index in [0.29, 0.717) is 12.3 Å². The predicted molar refractivity (Wildman–Crippen MR) is 125 cm³/mol. The van der Waals surface area contributed by atoms with Gasteiger partial charge in [-0.15, -0.1) is 11.8 Å². The summed E-state index contributed by atoms with van der Waals surface area (Å²) in [5.74, 6) is 1.25. The van der Waals surface area contributed by atoms with Crippen LogP contribution in [0.4, 0.5) is 0 Å². The van der Waals surface area contributed by atoms with Crippen LogP contribution in [-0.2, 0) is 23.6 Å². The summed E-state index contributed by atoms with van der Waals surface area (Å²) < 4.78 is 1.91. The van der Waals surface area contributed by atoms with Crippen LogP contribution in [0.3, 0.4) is 0 Å². The lowest BCUT2D eigenvalue weighted by Gasteiger charge is -2.12. The van der Waals surface area contributed by atoms with E-state index in [1.807, 2.05) is 47.4 Å². The molecule has 0 aliphatic carbocycles. The monoisotopic (exact) mass is 428 g/mol. The van der Waals surface area contributed by atoms with Crippen molar-refractivity contribution in [3.8, 4) is 11.1 Å². The minimum absolute atomic E-state index is 0.0401. The van der Waals surface area contributed by atoms with Crippen molar-refractivity contribution in [2.24, 2.45) is 0 Å². The van der Waals surface area contributed by atoms with E-state index in [4.69, 9.17) is 0 Å². The van der Waals surface area contributed by atoms with Crippen LogP contribution in [0, 0.1) is 0 Å². The highest BCUT2D eigenvalue weighted by Crippen LogP contribution is 2.24. The van der Waals surface area contributed by atoms with Crippen LogP contribution < -0.4 is 5.32 Å². The smallest absolute Gasteiger partial charge is 0.230 e. The molecule has 0 saturated heterocycles. The second kappa shape index (κ2) is 10.6. The lowest BCUT2D eigenvalue weighted by Crippen LogP contribution is -2.24. The largest absolute Gasteiger partial charge is 0.351 e. The molecule has 0 fully saturated rings. The summed E-state index contributed by atoms with van der Waals surface area (Å²) >= 11 is 1.59. The van der Waals surface area contributed by atoms with E-state index in [-0.39, 0.29) is 5.91 Å². The van der Waals surface area contributed by atoms with Gasteiger partial charge in [-0.05, 0) is 39.9 Å². The van der Waals surface area contributed by atoms with Gasteiger partial charge in [-0.1, -0.05) is 54.6 Å². The van der Waals surface area contributed by atoms with Crippen molar-refractivity contribution in [1.82, 2.24) is 20.1 Å². The van der Waals surface area contributed by atoms with Crippen molar-refractivity contribution >= 4 is 17.7 Å². The van der Waals surface area contributed by atoms with Crippen LogP contribution in [0.25, 0.3) is 11.1 Å². The van der Waals surface area contributed by atoms with E-state index in [2.05, 4.69) is 51.8 Å². The number of pyridine rings is 1. The summed E-state index contributed by atoms with van der Waals surface area (Å²) in [5.41, 5.74) is 5.70. The van der Waals surface area contributed by atoms with Crippen LogP contribution in [0.2, 0.25) is 0 Å². The average molecular weight is 429 g/mol. The maximum Gasteiger partial charge on any atom is 0.230 e. The SMILES string of the molecule is O=C(CSCc1cccnc1)NCc1ccccc1-c1ccc(Cn2cccn2)cc1. The highest BCUT2D eigenvalue weighted by Gasteiger charge is 2.08. The van der Waals surface area contributed by atoms with E-state index in [1.165, 1.54) is 5.56 Å². The molecular weight excluding hydrogens is 404 g/mol. The Labute approximate surface area is 186 Å². The van der Waals surface area contributed by atoms with Gasteiger partial charge in [-0.25, -0.2) is 0 Å².